The second-order valence-electron chi connectivity index (χ2n) is 6.44. The summed E-state index contributed by atoms with van der Waals surface area (Å²) in [6.45, 7) is 1.06. The van der Waals surface area contributed by atoms with E-state index in [9.17, 15) is 0 Å². The fraction of sp³-hybridized carbons (Fsp3) is 0.667. The molecule has 1 aromatic rings. The Bertz CT molecular complexity index is 386. The molecule has 2 fully saturated rings. The minimum absolute atomic E-state index is 0.755. The molecule has 2 saturated carbocycles. The molecule has 1 nitrogen and oxygen atoms in total. The van der Waals surface area contributed by atoms with Crippen molar-refractivity contribution in [3.05, 3.63) is 35.4 Å². The summed E-state index contributed by atoms with van der Waals surface area (Å²) in [7, 11) is 0. The van der Waals surface area contributed by atoms with Gasteiger partial charge in [-0.3, -0.25) is 0 Å². The molecule has 0 bridgehead atoms. The average molecular weight is 257 g/mol. The Morgan fingerprint density at radius 3 is 2.37 bits per heavy atom. The monoisotopic (exact) mass is 257 g/mol. The largest absolute Gasteiger partial charge is 0.310 e. The Kier molecular flexibility index (Phi) is 4.55. The third-order valence-corrected chi connectivity index (χ3v) is 4.70. The van der Waals surface area contributed by atoms with Crippen LogP contribution in [0.1, 0.15) is 74.8 Å². The molecule has 0 heterocycles. The van der Waals surface area contributed by atoms with Gasteiger partial charge in [-0.2, -0.15) is 0 Å². The summed E-state index contributed by atoms with van der Waals surface area (Å²) in [5.41, 5.74) is 3.04. The molecule has 19 heavy (non-hydrogen) atoms. The molecule has 0 aromatic heterocycles. The molecule has 0 atom stereocenters. The predicted molar refractivity (Wildman–Crippen MR) is 81.4 cm³/mol. The summed E-state index contributed by atoms with van der Waals surface area (Å²) in [5, 5.41) is 3.79. The Balaban J connectivity index is 1.51. The molecule has 3 rings (SSSR count). The second-order valence-corrected chi connectivity index (χ2v) is 6.44. The zero-order valence-electron chi connectivity index (χ0n) is 12.0. The lowest BCUT2D eigenvalue weighted by Gasteiger charge is -2.21. The van der Waals surface area contributed by atoms with E-state index in [4.69, 9.17) is 0 Å². The quantitative estimate of drug-likeness (QED) is 0.819. The highest BCUT2D eigenvalue weighted by molar-refractivity contribution is 5.29. The van der Waals surface area contributed by atoms with Crippen molar-refractivity contribution < 1.29 is 0 Å². The molecular formula is C18H27N. The van der Waals surface area contributed by atoms with E-state index in [1.165, 1.54) is 63.4 Å². The van der Waals surface area contributed by atoms with Crippen LogP contribution in [0.2, 0.25) is 0 Å². The lowest BCUT2D eigenvalue weighted by atomic mass is 9.96. The minimum Gasteiger partial charge on any atom is -0.310 e. The van der Waals surface area contributed by atoms with Gasteiger partial charge in [0.05, 0.1) is 0 Å². The van der Waals surface area contributed by atoms with E-state index in [-0.39, 0.29) is 0 Å². The van der Waals surface area contributed by atoms with Gasteiger partial charge in [-0.05, 0) is 42.7 Å². The zero-order valence-corrected chi connectivity index (χ0v) is 12.0. The minimum atomic E-state index is 0.755. The number of hydrogen-bond donors (Lipinski definition) is 1. The number of benzene rings is 1. The van der Waals surface area contributed by atoms with Crippen molar-refractivity contribution in [1.82, 2.24) is 5.32 Å². The average Bonchev–Trinajstić information content (AvgIpc) is 3.22. The first kappa shape index (κ1) is 13.2. The van der Waals surface area contributed by atoms with E-state index >= 15 is 0 Å². The van der Waals surface area contributed by atoms with Crippen molar-refractivity contribution in [3.8, 4) is 0 Å². The summed E-state index contributed by atoms with van der Waals surface area (Å²) in [6, 6.07) is 10.00. The van der Waals surface area contributed by atoms with E-state index in [1.54, 1.807) is 5.56 Å². The first-order valence-electron chi connectivity index (χ1n) is 8.24. The van der Waals surface area contributed by atoms with Gasteiger partial charge in [-0.25, -0.2) is 0 Å². The molecule has 1 heteroatoms. The van der Waals surface area contributed by atoms with Crippen molar-refractivity contribution in [3.63, 3.8) is 0 Å². The first-order chi connectivity index (χ1) is 9.42. The normalized spacial score (nSPS) is 21.9. The van der Waals surface area contributed by atoms with Crippen LogP contribution in [0, 0.1) is 0 Å². The first-order valence-corrected chi connectivity index (χ1v) is 8.24. The van der Waals surface area contributed by atoms with Gasteiger partial charge >= 0.3 is 0 Å². The maximum atomic E-state index is 3.79. The van der Waals surface area contributed by atoms with Crippen molar-refractivity contribution >= 4 is 0 Å². The highest BCUT2D eigenvalue weighted by Crippen LogP contribution is 2.40. The topological polar surface area (TPSA) is 12.0 Å². The lowest BCUT2D eigenvalue weighted by Crippen LogP contribution is -2.29. The Morgan fingerprint density at radius 2 is 1.63 bits per heavy atom. The van der Waals surface area contributed by atoms with Gasteiger partial charge in [0.2, 0.25) is 0 Å². The maximum Gasteiger partial charge on any atom is 0.0208 e. The Morgan fingerprint density at radius 1 is 0.895 bits per heavy atom. The highest BCUT2D eigenvalue weighted by Gasteiger charge is 2.23. The van der Waals surface area contributed by atoms with Crippen molar-refractivity contribution in [1.29, 1.82) is 0 Å². The molecule has 2 aliphatic rings. The van der Waals surface area contributed by atoms with Crippen LogP contribution in [0.5, 0.6) is 0 Å². The van der Waals surface area contributed by atoms with Crippen LogP contribution < -0.4 is 5.32 Å². The van der Waals surface area contributed by atoms with Crippen LogP contribution in [0.3, 0.4) is 0 Å². The molecule has 0 radical (unpaired) electrons. The van der Waals surface area contributed by atoms with Gasteiger partial charge in [0.25, 0.3) is 0 Å². The van der Waals surface area contributed by atoms with Crippen LogP contribution in [0.4, 0.5) is 0 Å². The zero-order chi connectivity index (χ0) is 12.9. The standard InChI is InChI=1S/C18H27N/c1-2-4-9-18(10-5-3-1)19-14-15-7-6-8-17(13-15)16-11-12-16/h6-8,13,16,18-19H,1-5,9-12,14H2. The summed E-state index contributed by atoms with van der Waals surface area (Å²) < 4.78 is 0. The smallest absolute Gasteiger partial charge is 0.0208 e. The van der Waals surface area contributed by atoms with Gasteiger partial charge in [0.1, 0.15) is 0 Å². The molecule has 1 N–H and O–H groups in total. The highest BCUT2D eigenvalue weighted by atomic mass is 14.9. The number of hydrogen-bond acceptors (Lipinski definition) is 1. The van der Waals surface area contributed by atoms with E-state index in [2.05, 4.69) is 29.6 Å². The summed E-state index contributed by atoms with van der Waals surface area (Å²) in [4.78, 5) is 0. The third-order valence-electron chi connectivity index (χ3n) is 4.70. The molecular weight excluding hydrogens is 230 g/mol. The number of rotatable bonds is 4. The summed E-state index contributed by atoms with van der Waals surface area (Å²) >= 11 is 0. The van der Waals surface area contributed by atoms with Crippen LogP contribution >= 0.6 is 0 Å². The van der Waals surface area contributed by atoms with Crippen LogP contribution in [-0.4, -0.2) is 6.04 Å². The Labute approximate surface area is 117 Å². The van der Waals surface area contributed by atoms with Crippen molar-refractivity contribution in [2.75, 3.05) is 0 Å². The molecule has 0 unspecified atom stereocenters. The number of nitrogens with one attached hydrogen (secondary N) is 1. The van der Waals surface area contributed by atoms with Gasteiger partial charge in [-0.15, -0.1) is 0 Å². The van der Waals surface area contributed by atoms with Gasteiger partial charge in [-0.1, -0.05) is 56.4 Å². The van der Waals surface area contributed by atoms with Crippen molar-refractivity contribution in [2.24, 2.45) is 0 Å². The maximum absolute atomic E-state index is 3.79. The fourth-order valence-corrected chi connectivity index (χ4v) is 3.30. The van der Waals surface area contributed by atoms with Crippen LogP contribution in [0.25, 0.3) is 0 Å². The fourth-order valence-electron chi connectivity index (χ4n) is 3.30. The lowest BCUT2D eigenvalue weighted by molar-refractivity contribution is 0.389. The second kappa shape index (κ2) is 6.56. The molecule has 0 aliphatic heterocycles. The SMILES string of the molecule is c1cc(CNC2CCCCCCC2)cc(C2CC2)c1. The third kappa shape index (κ3) is 4.07. The van der Waals surface area contributed by atoms with E-state index in [0.29, 0.717) is 0 Å². The van der Waals surface area contributed by atoms with E-state index in [0.717, 1.165) is 18.5 Å². The Hall–Kier alpha value is -0.820. The summed E-state index contributed by atoms with van der Waals surface area (Å²) in [5.74, 6) is 0.876. The van der Waals surface area contributed by atoms with Crippen LogP contribution in [0.15, 0.2) is 24.3 Å². The van der Waals surface area contributed by atoms with Gasteiger partial charge < -0.3 is 5.32 Å². The van der Waals surface area contributed by atoms with Gasteiger partial charge in [0.15, 0.2) is 0 Å². The molecule has 0 spiro atoms. The molecule has 104 valence electrons. The van der Waals surface area contributed by atoms with Crippen molar-refractivity contribution in [2.45, 2.75) is 76.3 Å². The molecule has 0 saturated heterocycles. The van der Waals surface area contributed by atoms with Gasteiger partial charge in [0, 0.05) is 12.6 Å². The van der Waals surface area contributed by atoms with E-state index < -0.39 is 0 Å². The van der Waals surface area contributed by atoms with E-state index in [1.807, 2.05) is 0 Å². The van der Waals surface area contributed by atoms with Crippen LogP contribution in [-0.2, 0) is 6.54 Å². The molecule has 1 aromatic carbocycles. The molecule has 0 amide bonds. The predicted octanol–water partition coefficient (Wildman–Crippen LogP) is 4.77. The molecule has 2 aliphatic carbocycles. The summed E-state index contributed by atoms with van der Waals surface area (Å²) in [6.07, 6.45) is 12.7.